The van der Waals surface area contributed by atoms with E-state index in [-0.39, 0.29) is 0 Å². The number of nitrogens with zero attached hydrogens (tertiary/aromatic N) is 1. The predicted molar refractivity (Wildman–Crippen MR) is 40.2 cm³/mol. The molecule has 5 heteroatoms. The number of aromatic nitrogens is 1. The fraction of sp³-hybridized carbons (Fsp3) is 0.400. The van der Waals surface area contributed by atoms with Gasteiger partial charge >= 0.3 is 0 Å². The average Bonchev–Trinajstić information content (AvgIpc) is 2.10. The largest absolute Gasteiger partial charge is 0.245 e. The molecule has 0 fully saturated rings. The van der Waals surface area contributed by atoms with Gasteiger partial charge in [0.25, 0.3) is 0 Å². The minimum absolute atomic E-state index is 0.382. The van der Waals surface area contributed by atoms with E-state index in [2.05, 4.69) is 4.98 Å². The number of aryl methyl sites for hydroxylation is 2. The lowest BCUT2D eigenvalue weighted by Crippen LogP contribution is -1.78. The number of hydrogen-bond donors (Lipinski definition) is 1. The highest BCUT2D eigenvalue weighted by Crippen LogP contribution is 2.17. The van der Waals surface area contributed by atoms with Crippen LogP contribution in [0.15, 0.2) is 4.21 Å². The zero-order valence-corrected chi connectivity index (χ0v) is 7.33. The molecule has 0 atom stereocenters. The second kappa shape index (κ2) is 2.67. The molecule has 3 nitrogen and oxygen atoms in total. The van der Waals surface area contributed by atoms with Gasteiger partial charge in [0.1, 0.15) is 4.21 Å². The van der Waals surface area contributed by atoms with Crippen LogP contribution >= 0.6 is 11.3 Å². The Hall–Kier alpha value is -0.420. The molecule has 0 saturated carbocycles. The molecule has 10 heavy (non-hydrogen) atoms. The van der Waals surface area contributed by atoms with Crippen molar-refractivity contribution in [3.05, 3.63) is 10.7 Å². The zero-order chi connectivity index (χ0) is 7.72. The number of thiol groups is 1. The maximum absolute atomic E-state index is 10.4. The molecule has 0 aromatic carbocycles. The van der Waals surface area contributed by atoms with E-state index >= 15 is 0 Å². The molecule has 1 aromatic rings. The molecule has 0 radical (unpaired) electrons. The van der Waals surface area contributed by atoms with Gasteiger partial charge in [-0.05, 0) is 13.8 Å². The van der Waals surface area contributed by atoms with Gasteiger partial charge in [0.2, 0.25) is 0 Å². The Morgan fingerprint density at radius 2 is 2.00 bits per heavy atom. The Labute approximate surface area is 64.7 Å². The molecule has 0 saturated heterocycles. The molecule has 0 amide bonds. The van der Waals surface area contributed by atoms with Crippen molar-refractivity contribution in [1.82, 2.24) is 4.98 Å². The Kier molecular flexibility index (Phi) is 2.05. The molecule has 1 aromatic heterocycles. The standard InChI is InChI=1S/C5H7NO2S2/c1-3-5(10(7)8)9-4(2)6-3/h10H,1-2H3. The SMILES string of the molecule is Cc1nc(C)c([SH](=O)=O)s1. The van der Waals surface area contributed by atoms with E-state index in [4.69, 9.17) is 0 Å². The summed E-state index contributed by atoms with van der Waals surface area (Å²) in [7, 11) is -2.44. The molecule has 0 N–H and O–H groups in total. The molecule has 0 unspecified atom stereocenters. The van der Waals surface area contributed by atoms with Gasteiger partial charge in [0, 0.05) is 0 Å². The first kappa shape index (κ1) is 7.68. The summed E-state index contributed by atoms with van der Waals surface area (Å²) in [5.74, 6) is 0. The monoisotopic (exact) mass is 177 g/mol. The van der Waals surface area contributed by atoms with Crippen LogP contribution in [0.4, 0.5) is 0 Å². The maximum atomic E-state index is 10.4. The molecule has 1 heterocycles. The summed E-state index contributed by atoms with van der Waals surface area (Å²) >= 11 is 1.22. The molecule has 0 aliphatic heterocycles. The van der Waals surface area contributed by atoms with Gasteiger partial charge in [-0.25, -0.2) is 13.4 Å². The van der Waals surface area contributed by atoms with Gasteiger partial charge in [-0.15, -0.1) is 11.3 Å². The Morgan fingerprint density at radius 1 is 1.40 bits per heavy atom. The van der Waals surface area contributed by atoms with Gasteiger partial charge in [0.05, 0.1) is 10.7 Å². The third kappa shape index (κ3) is 1.35. The van der Waals surface area contributed by atoms with Crippen LogP contribution in [0.25, 0.3) is 0 Å². The lowest BCUT2D eigenvalue weighted by molar-refractivity contribution is 0.615. The first-order valence-corrected chi connectivity index (χ1v) is 4.69. The molecule has 0 aliphatic rings. The first-order valence-electron chi connectivity index (χ1n) is 2.69. The molecule has 0 aliphatic carbocycles. The highest BCUT2D eigenvalue weighted by Gasteiger charge is 2.05. The van der Waals surface area contributed by atoms with Crippen LogP contribution in [-0.2, 0) is 10.7 Å². The molecule has 56 valence electrons. The van der Waals surface area contributed by atoms with Gasteiger partial charge in [-0.1, -0.05) is 0 Å². The number of rotatable bonds is 1. The molecular formula is C5H7NO2S2. The fourth-order valence-electron chi connectivity index (χ4n) is 0.690. The van der Waals surface area contributed by atoms with E-state index in [0.29, 0.717) is 9.90 Å². The summed E-state index contributed by atoms with van der Waals surface area (Å²) in [5, 5.41) is 0.798. The quantitative estimate of drug-likeness (QED) is 0.643. The van der Waals surface area contributed by atoms with Crippen LogP contribution in [0.5, 0.6) is 0 Å². The van der Waals surface area contributed by atoms with E-state index in [0.717, 1.165) is 5.01 Å². The summed E-state index contributed by atoms with van der Waals surface area (Å²) in [6.07, 6.45) is 0. The normalized spacial score (nSPS) is 10.7. The van der Waals surface area contributed by atoms with Crippen LogP contribution in [0, 0.1) is 13.8 Å². The van der Waals surface area contributed by atoms with E-state index in [1.54, 1.807) is 13.8 Å². The summed E-state index contributed by atoms with van der Waals surface area (Å²) in [6.45, 7) is 3.49. The van der Waals surface area contributed by atoms with Crippen molar-refractivity contribution in [3.63, 3.8) is 0 Å². The van der Waals surface area contributed by atoms with E-state index < -0.39 is 10.7 Å². The summed E-state index contributed by atoms with van der Waals surface area (Å²) < 4.78 is 21.3. The second-order valence-corrected chi connectivity index (χ2v) is 4.35. The van der Waals surface area contributed by atoms with Crippen molar-refractivity contribution in [2.24, 2.45) is 0 Å². The van der Waals surface area contributed by atoms with Crippen LogP contribution in [0.1, 0.15) is 10.7 Å². The minimum atomic E-state index is -2.44. The van der Waals surface area contributed by atoms with Gasteiger partial charge in [0.15, 0.2) is 10.7 Å². The van der Waals surface area contributed by atoms with Crippen LogP contribution < -0.4 is 0 Å². The minimum Gasteiger partial charge on any atom is -0.245 e. The molecule has 0 spiro atoms. The lowest BCUT2D eigenvalue weighted by Gasteiger charge is -1.79. The molecular weight excluding hydrogens is 170 g/mol. The zero-order valence-electron chi connectivity index (χ0n) is 5.62. The Morgan fingerprint density at radius 3 is 2.20 bits per heavy atom. The molecule has 1 rings (SSSR count). The predicted octanol–water partition coefficient (Wildman–Crippen LogP) is 0.730. The smallest absolute Gasteiger partial charge is 0.179 e. The summed E-state index contributed by atoms with van der Waals surface area (Å²) in [4.78, 5) is 3.97. The van der Waals surface area contributed by atoms with Crippen LogP contribution in [0.2, 0.25) is 0 Å². The van der Waals surface area contributed by atoms with Crippen molar-refractivity contribution in [1.29, 1.82) is 0 Å². The maximum Gasteiger partial charge on any atom is 0.179 e. The third-order valence-electron chi connectivity index (χ3n) is 1.04. The van der Waals surface area contributed by atoms with Crippen molar-refractivity contribution in [2.75, 3.05) is 0 Å². The average molecular weight is 177 g/mol. The van der Waals surface area contributed by atoms with Crippen LogP contribution in [0.3, 0.4) is 0 Å². The Balaban J connectivity index is 3.28. The van der Waals surface area contributed by atoms with Crippen molar-refractivity contribution in [2.45, 2.75) is 18.1 Å². The topological polar surface area (TPSA) is 47.0 Å². The molecule has 0 bridgehead atoms. The fourth-order valence-corrected chi connectivity index (χ4v) is 2.35. The Bertz CT molecular complexity index is 305. The van der Waals surface area contributed by atoms with Crippen molar-refractivity contribution in [3.8, 4) is 0 Å². The van der Waals surface area contributed by atoms with E-state index in [1.807, 2.05) is 0 Å². The highest BCUT2D eigenvalue weighted by atomic mass is 32.2. The third-order valence-corrected chi connectivity index (χ3v) is 3.30. The highest BCUT2D eigenvalue weighted by molar-refractivity contribution is 7.75. The number of thiazole rings is 1. The summed E-state index contributed by atoms with van der Waals surface area (Å²) in [6, 6.07) is 0. The number of hydrogen-bond acceptors (Lipinski definition) is 4. The van der Waals surface area contributed by atoms with Gasteiger partial charge < -0.3 is 0 Å². The lowest BCUT2D eigenvalue weighted by atomic mass is 10.6. The van der Waals surface area contributed by atoms with Crippen LogP contribution in [-0.4, -0.2) is 13.4 Å². The van der Waals surface area contributed by atoms with Gasteiger partial charge in [-0.3, -0.25) is 0 Å². The van der Waals surface area contributed by atoms with Crippen molar-refractivity contribution < 1.29 is 8.42 Å². The van der Waals surface area contributed by atoms with E-state index in [9.17, 15) is 8.42 Å². The first-order chi connectivity index (χ1) is 4.61. The second-order valence-electron chi connectivity index (χ2n) is 1.88. The van der Waals surface area contributed by atoms with Gasteiger partial charge in [-0.2, -0.15) is 0 Å². The van der Waals surface area contributed by atoms with E-state index in [1.165, 1.54) is 11.3 Å². The summed E-state index contributed by atoms with van der Waals surface area (Å²) in [5.41, 5.74) is 0.610. The van der Waals surface area contributed by atoms with Crippen molar-refractivity contribution >= 4 is 22.0 Å².